The number of methoxy groups -OCH3 is 1. The summed E-state index contributed by atoms with van der Waals surface area (Å²) in [6, 6.07) is 6.38. The topological polar surface area (TPSA) is 41.5 Å². The van der Waals surface area contributed by atoms with Gasteiger partial charge in [0.1, 0.15) is 0 Å². The molecule has 2 unspecified atom stereocenters. The van der Waals surface area contributed by atoms with E-state index in [9.17, 15) is 5.11 Å². The van der Waals surface area contributed by atoms with E-state index in [0.29, 0.717) is 11.8 Å². The third-order valence-electron chi connectivity index (χ3n) is 4.57. The van der Waals surface area contributed by atoms with Gasteiger partial charge in [-0.2, -0.15) is 0 Å². The maximum Gasteiger partial charge on any atom is 0.160 e. The lowest BCUT2D eigenvalue weighted by Gasteiger charge is -2.31. The van der Waals surface area contributed by atoms with Crippen molar-refractivity contribution in [3.8, 4) is 11.5 Å². The van der Waals surface area contributed by atoms with Gasteiger partial charge in [-0.3, -0.25) is 0 Å². The molecule has 1 aromatic carbocycles. The Bertz CT molecular complexity index is 427. The fourth-order valence-corrected chi connectivity index (χ4v) is 3.22. The number of nitrogens with one attached hydrogen (secondary N) is 1. The number of benzene rings is 1. The zero-order valence-electron chi connectivity index (χ0n) is 12.9. The highest BCUT2D eigenvalue weighted by Gasteiger charge is 2.21. The van der Waals surface area contributed by atoms with Crippen LogP contribution in [0.2, 0.25) is 0 Å². The highest BCUT2D eigenvalue weighted by molar-refractivity contribution is 5.42. The van der Waals surface area contributed by atoms with Crippen LogP contribution in [-0.2, 0) is 0 Å². The molecule has 0 saturated heterocycles. The molecular formula is C17H27NO2. The van der Waals surface area contributed by atoms with Crippen molar-refractivity contribution in [3.63, 3.8) is 0 Å². The van der Waals surface area contributed by atoms with Crippen LogP contribution in [0.1, 0.15) is 57.6 Å². The monoisotopic (exact) mass is 277 g/mol. The Kier molecular flexibility index (Phi) is 5.30. The summed E-state index contributed by atoms with van der Waals surface area (Å²) >= 11 is 0. The van der Waals surface area contributed by atoms with Crippen LogP contribution in [0.5, 0.6) is 11.5 Å². The van der Waals surface area contributed by atoms with Gasteiger partial charge in [-0.1, -0.05) is 25.3 Å². The van der Waals surface area contributed by atoms with E-state index in [4.69, 9.17) is 4.74 Å². The van der Waals surface area contributed by atoms with Gasteiger partial charge < -0.3 is 15.2 Å². The smallest absolute Gasteiger partial charge is 0.160 e. The van der Waals surface area contributed by atoms with E-state index in [0.717, 1.165) is 11.5 Å². The van der Waals surface area contributed by atoms with Gasteiger partial charge in [0.05, 0.1) is 7.11 Å². The molecule has 1 aliphatic carbocycles. The Morgan fingerprint density at radius 3 is 2.55 bits per heavy atom. The van der Waals surface area contributed by atoms with E-state index in [1.165, 1.54) is 32.1 Å². The van der Waals surface area contributed by atoms with E-state index in [1.54, 1.807) is 13.2 Å². The molecule has 112 valence electrons. The van der Waals surface area contributed by atoms with E-state index in [2.05, 4.69) is 19.2 Å². The van der Waals surface area contributed by atoms with Crippen LogP contribution in [0, 0.1) is 5.92 Å². The fraction of sp³-hybridized carbons (Fsp3) is 0.647. The van der Waals surface area contributed by atoms with Crippen LogP contribution >= 0.6 is 0 Å². The molecule has 0 radical (unpaired) electrons. The summed E-state index contributed by atoms with van der Waals surface area (Å²) in [5.74, 6) is 1.54. The van der Waals surface area contributed by atoms with E-state index in [-0.39, 0.29) is 11.8 Å². The molecule has 0 aliphatic heterocycles. The Morgan fingerprint density at radius 1 is 1.20 bits per heavy atom. The molecule has 2 atom stereocenters. The summed E-state index contributed by atoms with van der Waals surface area (Å²) < 4.78 is 5.18. The third-order valence-corrected chi connectivity index (χ3v) is 4.57. The highest BCUT2D eigenvalue weighted by atomic mass is 16.5. The van der Waals surface area contributed by atoms with Crippen molar-refractivity contribution in [2.45, 2.75) is 58.0 Å². The van der Waals surface area contributed by atoms with Crippen LogP contribution in [0.25, 0.3) is 0 Å². The van der Waals surface area contributed by atoms with Gasteiger partial charge >= 0.3 is 0 Å². The predicted octanol–water partition coefficient (Wildman–Crippen LogP) is 4.02. The third kappa shape index (κ3) is 3.66. The van der Waals surface area contributed by atoms with Gasteiger partial charge in [-0.25, -0.2) is 0 Å². The second kappa shape index (κ2) is 6.98. The SMILES string of the molecule is COc1cc(C(C)NC(C)C2CCCCC2)ccc1O. The zero-order valence-corrected chi connectivity index (χ0v) is 12.9. The normalized spacial score (nSPS) is 19.6. The maximum atomic E-state index is 9.66. The number of phenols is 1. The van der Waals surface area contributed by atoms with Crippen LogP contribution in [0.3, 0.4) is 0 Å². The molecule has 1 aliphatic rings. The number of hydrogen-bond donors (Lipinski definition) is 2. The average Bonchev–Trinajstić information content (AvgIpc) is 2.48. The van der Waals surface area contributed by atoms with Crippen LogP contribution in [0.4, 0.5) is 0 Å². The molecule has 20 heavy (non-hydrogen) atoms. The number of rotatable bonds is 5. The highest BCUT2D eigenvalue weighted by Crippen LogP contribution is 2.31. The minimum absolute atomic E-state index is 0.198. The van der Waals surface area contributed by atoms with Gasteiger partial charge in [-0.15, -0.1) is 0 Å². The summed E-state index contributed by atoms with van der Waals surface area (Å²) in [6.07, 6.45) is 6.84. The fourth-order valence-electron chi connectivity index (χ4n) is 3.22. The molecule has 1 aromatic rings. The zero-order chi connectivity index (χ0) is 14.5. The van der Waals surface area contributed by atoms with Crippen molar-refractivity contribution in [2.24, 2.45) is 5.92 Å². The molecule has 0 bridgehead atoms. The van der Waals surface area contributed by atoms with Gasteiger partial charge in [0.15, 0.2) is 11.5 Å². The minimum Gasteiger partial charge on any atom is -0.504 e. The molecule has 0 spiro atoms. The quantitative estimate of drug-likeness (QED) is 0.854. The predicted molar refractivity (Wildman–Crippen MR) is 82.2 cm³/mol. The molecule has 0 amide bonds. The van der Waals surface area contributed by atoms with Gasteiger partial charge in [0, 0.05) is 12.1 Å². The summed E-state index contributed by atoms with van der Waals surface area (Å²) in [6.45, 7) is 4.47. The van der Waals surface area contributed by atoms with E-state index < -0.39 is 0 Å². The molecule has 2 N–H and O–H groups in total. The van der Waals surface area contributed by atoms with Crippen LogP contribution < -0.4 is 10.1 Å². The van der Waals surface area contributed by atoms with Crippen molar-refractivity contribution in [1.82, 2.24) is 5.32 Å². The van der Waals surface area contributed by atoms with Crippen molar-refractivity contribution in [3.05, 3.63) is 23.8 Å². The van der Waals surface area contributed by atoms with E-state index in [1.807, 2.05) is 12.1 Å². The number of phenolic OH excluding ortho intramolecular Hbond substituents is 1. The second-order valence-electron chi connectivity index (χ2n) is 6.01. The molecule has 3 heteroatoms. The average molecular weight is 277 g/mol. The summed E-state index contributed by atoms with van der Waals surface area (Å²) in [4.78, 5) is 0. The Balaban J connectivity index is 1.98. The lowest BCUT2D eigenvalue weighted by molar-refractivity contribution is 0.268. The van der Waals surface area contributed by atoms with Crippen LogP contribution in [0.15, 0.2) is 18.2 Å². The molecule has 1 fully saturated rings. The molecule has 0 heterocycles. The first-order valence-corrected chi connectivity index (χ1v) is 7.74. The first-order chi connectivity index (χ1) is 9.61. The standard InChI is InChI=1S/C17H27NO2/c1-12(14-7-5-4-6-8-14)18-13(2)15-9-10-16(19)17(11-15)20-3/h9-14,18-19H,4-8H2,1-3H3. The van der Waals surface area contributed by atoms with E-state index >= 15 is 0 Å². The lowest BCUT2D eigenvalue weighted by atomic mass is 9.84. The minimum atomic E-state index is 0.198. The molecule has 0 aromatic heterocycles. The van der Waals surface area contributed by atoms with Gasteiger partial charge in [0.25, 0.3) is 0 Å². The second-order valence-corrected chi connectivity index (χ2v) is 6.01. The first-order valence-electron chi connectivity index (χ1n) is 7.74. The Morgan fingerprint density at radius 2 is 1.90 bits per heavy atom. The summed E-state index contributed by atoms with van der Waals surface area (Å²) in [5.41, 5.74) is 1.15. The van der Waals surface area contributed by atoms with Crippen molar-refractivity contribution in [2.75, 3.05) is 7.11 Å². The summed E-state index contributed by atoms with van der Waals surface area (Å²) in [7, 11) is 1.58. The van der Waals surface area contributed by atoms with Crippen molar-refractivity contribution < 1.29 is 9.84 Å². The molecule has 3 nitrogen and oxygen atoms in total. The van der Waals surface area contributed by atoms with Crippen molar-refractivity contribution >= 4 is 0 Å². The molecule has 1 saturated carbocycles. The Hall–Kier alpha value is -1.22. The molecule has 2 rings (SSSR count). The first kappa shape index (κ1) is 15.2. The maximum absolute atomic E-state index is 9.66. The van der Waals surface area contributed by atoms with Gasteiger partial charge in [-0.05, 0) is 50.3 Å². The lowest BCUT2D eigenvalue weighted by Crippen LogP contribution is -2.36. The van der Waals surface area contributed by atoms with Gasteiger partial charge in [0.2, 0.25) is 0 Å². The largest absolute Gasteiger partial charge is 0.504 e. The molecular weight excluding hydrogens is 250 g/mol. The van der Waals surface area contributed by atoms with Crippen LogP contribution in [-0.4, -0.2) is 18.3 Å². The number of hydrogen-bond acceptors (Lipinski definition) is 3. The summed E-state index contributed by atoms with van der Waals surface area (Å²) in [5, 5.41) is 13.4. The van der Waals surface area contributed by atoms with Crippen molar-refractivity contribution in [1.29, 1.82) is 0 Å². The number of aromatic hydroxyl groups is 1. The Labute approximate surface area is 122 Å². The number of ether oxygens (including phenoxy) is 1.